The van der Waals surface area contributed by atoms with Gasteiger partial charge in [-0.05, 0) is 101 Å². The number of hydrogen-bond donors (Lipinski definition) is 0. The zero-order chi connectivity index (χ0) is 39.0. The molecule has 4 heterocycles. The van der Waals surface area contributed by atoms with Crippen molar-refractivity contribution in [2.75, 3.05) is 9.80 Å². The largest absolute Gasteiger partial charge is 0.312 e. The zero-order valence-electron chi connectivity index (χ0n) is 32.1. The highest BCUT2D eigenvalue weighted by atomic mass is 32.2. The van der Waals surface area contributed by atoms with E-state index in [1.54, 1.807) is 11.8 Å². The van der Waals surface area contributed by atoms with E-state index in [-0.39, 0.29) is 19.1 Å². The molecule has 0 atom stereocenters. The Kier molecular flexibility index (Phi) is 7.20. The van der Waals surface area contributed by atoms with E-state index in [4.69, 9.17) is 0 Å². The minimum absolute atomic E-state index is 0.0632. The summed E-state index contributed by atoms with van der Waals surface area (Å²) >= 11 is 1.79. The van der Waals surface area contributed by atoms with E-state index in [1.807, 2.05) is 11.0 Å². The van der Waals surface area contributed by atoms with Crippen molar-refractivity contribution in [3.63, 3.8) is 0 Å². The minimum atomic E-state index is -0.605. The van der Waals surface area contributed by atoms with E-state index in [1.165, 1.54) is 50.5 Å². The van der Waals surface area contributed by atoms with E-state index in [0.717, 1.165) is 77.6 Å². The Morgan fingerprint density at radius 1 is 0.448 bits per heavy atom. The number of fused-ring (bicyclic) bond motifs is 10. The van der Waals surface area contributed by atoms with E-state index < -0.39 is 11.6 Å². The van der Waals surface area contributed by atoms with Crippen molar-refractivity contribution in [1.29, 1.82) is 0 Å². The van der Waals surface area contributed by atoms with Crippen LogP contribution in [0.15, 0.2) is 161 Å². The molecule has 12 rings (SSSR count). The molecule has 0 bridgehead atoms. The Balaban J connectivity index is 1.35. The number of nitrogens with zero attached hydrogens (tertiary/aromatic N) is 2. The Hall–Kier alpha value is -6.30. The van der Waals surface area contributed by atoms with Crippen LogP contribution in [0.3, 0.4) is 0 Å². The smallest absolute Gasteiger partial charge is 0.252 e. The molecule has 58 heavy (non-hydrogen) atoms. The van der Waals surface area contributed by atoms with Crippen molar-refractivity contribution in [1.82, 2.24) is 0 Å². The summed E-state index contributed by atoms with van der Waals surface area (Å²) in [5.41, 5.74) is 19.6. The van der Waals surface area contributed by atoms with Crippen molar-refractivity contribution >= 4 is 92.1 Å². The maximum Gasteiger partial charge on any atom is 0.252 e. The van der Waals surface area contributed by atoms with E-state index >= 15 is 8.78 Å². The van der Waals surface area contributed by atoms with Gasteiger partial charge in [0.15, 0.2) is 0 Å². The molecule has 2 nitrogen and oxygen atoms in total. The molecule has 0 spiro atoms. The minimum Gasteiger partial charge on any atom is -0.312 e. The Bertz CT molecular complexity index is 3070. The molecule has 0 amide bonds. The quantitative estimate of drug-likeness (QED) is 0.166. The second-order valence-corrected chi connectivity index (χ2v) is 17.1. The topological polar surface area (TPSA) is 6.48 Å². The summed E-state index contributed by atoms with van der Waals surface area (Å²) in [5, 5.41) is 0. The van der Waals surface area contributed by atoms with E-state index in [0.29, 0.717) is 0 Å². The van der Waals surface area contributed by atoms with Crippen LogP contribution in [-0.2, 0) is 0 Å². The lowest BCUT2D eigenvalue weighted by Gasteiger charge is -2.50. The van der Waals surface area contributed by atoms with E-state index in [2.05, 4.69) is 153 Å². The summed E-state index contributed by atoms with van der Waals surface area (Å²) < 4.78 is 33.6. The molecule has 0 unspecified atom stereocenters. The highest BCUT2D eigenvalue weighted by Gasteiger charge is 2.52. The molecule has 8 aromatic carbocycles. The molecular formula is C51H34B2F2N2S. The van der Waals surface area contributed by atoms with Crippen molar-refractivity contribution in [3.05, 3.63) is 180 Å². The fraction of sp³-hybridized carbons (Fsp3) is 0.0588. The van der Waals surface area contributed by atoms with Crippen LogP contribution < -0.4 is 42.6 Å². The first-order valence-electron chi connectivity index (χ1n) is 19.9. The van der Waals surface area contributed by atoms with Crippen molar-refractivity contribution in [3.8, 4) is 22.3 Å². The molecule has 0 aromatic heterocycles. The molecule has 0 saturated heterocycles. The number of halogens is 2. The van der Waals surface area contributed by atoms with Crippen LogP contribution in [0.25, 0.3) is 22.3 Å². The number of benzene rings is 8. The molecule has 0 aliphatic carbocycles. The summed E-state index contributed by atoms with van der Waals surface area (Å²) in [5.74, 6) is -1.21. The van der Waals surface area contributed by atoms with Gasteiger partial charge >= 0.3 is 0 Å². The van der Waals surface area contributed by atoms with Gasteiger partial charge in [0.1, 0.15) is 17.3 Å². The van der Waals surface area contributed by atoms with Crippen LogP contribution in [0.5, 0.6) is 0 Å². The maximum absolute atomic E-state index is 16.8. The molecule has 274 valence electrons. The van der Waals surface area contributed by atoms with Gasteiger partial charge in [0.2, 0.25) is 6.71 Å². The molecule has 0 fully saturated rings. The molecule has 7 heteroatoms. The summed E-state index contributed by atoms with van der Waals surface area (Å²) in [6.45, 7) is 6.17. The van der Waals surface area contributed by atoms with Gasteiger partial charge in [0.05, 0.1) is 5.69 Å². The van der Waals surface area contributed by atoms with Gasteiger partial charge < -0.3 is 9.80 Å². The second kappa shape index (κ2) is 12.3. The first kappa shape index (κ1) is 33.8. The molecule has 8 aromatic rings. The summed E-state index contributed by atoms with van der Waals surface area (Å²) in [6.07, 6.45) is 0. The third-order valence-electron chi connectivity index (χ3n) is 12.6. The summed E-state index contributed by atoms with van der Waals surface area (Å²) in [6, 6.07) is 52.2. The van der Waals surface area contributed by atoms with Gasteiger partial charge in [0.25, 0.3) is 6.71 Å². The highest BCUT2D eigenvalue weighted by molar-refractivity contribution is 8.00. The molecule has 4 aliphatic heterocycles. The van der Waals surface area contributed by atoms with Crippen molar-refractivity contribution < 1.29 is 8.78 Å². The number of rotatable bonds is 3. The normalized spacial score (nSPS) is 13.7. The monoisotopic (exact) mass is 766 g/mol. The standard InChI is InChI=1S/C51H34B2F2N2S/c1-29-20-23-41-36(26-29)52-35-16-9-10-19-44(35)58-51-45(34-15-8-7-14-33(34)32-12-5-4-6-13-32)49-46-50(47(51)52)56(41)42-24-21-30(2)27-37(42)53(46)38-28-31(3)22-25-43(38)57(49)48-39(54)17-11-18-40(48)55/h4-28H,1-3H3. The molecule has 4 aliphatic rings. The van der Waals surface area contributed by atoms with Gasteiger partial charge in [-0.15, -0.1) is 0 Å². The Morgan fingerprint density at radius 2 is 0.983 bits per heavy atom. The average molecular weight is 767 g/mol. The lowest BCUT2D eigenvalue weighted by Crippen LogP contribution is -2.68. The lowest BCUT2D eigenvalue weighted by atomic mass is 9.29. The first-order chi connectivity index (χ1) is 28.4. The van der Waals surface area contributed by atoms with Gasteiger partial charge in [-0.2, -0.15) is 0 Å². The summed E-state index contributed by atoms with van der Waals surface area (Å²) in [7, 11) is 0. The fourth-order valence-corrected chi connectivity index (χ4v) is 11.6. The van der Waals surface area contributed by atoms with Crippen LogP contribution in [0.2, 0.25) is 0 Å². The fourth-order valence-electron chi connectivity index (χ4n) is 10.3. The molecular weight excluding hydrogens is 732 g/mol. The first-order valence-corrected chi connectivity index (χ1v) is 20.7. The average Bonchev–Trinajstić information content (AvgIpc) is 3.24. The van der Waals surface area contributed by atoms with Crippen LogP contribution in [0.1, 0.15) is 16.7 Å². The lowest BCUT2D eigenvalue weighted by molar-refractivity contribution is 0.586. The van der Waals surface area contributed by atoms with E-state index in [9.17, 15) is 0 Å². The van der Waals surface area contributed by atoms with Crippen LogP contribution in [-0.4, -0.2) is 13.4 Å². The van der Waals surface area contributed by atoms with Gasteiger partial charge in [-0.3, -0.25) is 0 Å². The van der Waals surface area contributed by atoms with Crippen LogP contribution >= 0.6 is 11.8 Å². The number of aryl methyl sites for hydroxylation is 3. The molecule has 0 radical (unpaired) electrons. The predicted octanol–water partition coefficient (Wildman–Crippen LogP) is 9.60. The number of hydrogen-bond acceptors (Lipinski definition) is 3. The van der Waals surface area contributed by atoms with Crippen LogP contribution in [0, 0.1) is 32.4 Å². The van der Waals surface area contributed by atoms with Crippen molar-refractivity contribution in [2.24, 2.45) is 0 Å². The SMILES string of the molecule is Cc1ccc2c(c1)B1c3ccccc3Sc3c1c1c4c(c3-c3ccccc3-c3ccccc3)N(c3c(F)cccc3F)c3ccc(C)cc3B4c3cc(C)ccc3N21. The molecule has 0 N–H and O–H groups in total. The summed E-state index contributed by atoms with van der Waals surface area (Å²) in [4.78, 5) is 6.71. The van der Waals surface area contributed by atoms with Gasteiger partial charge in [0, 0.05) is 38.1 Å². The molecule has 0 saturated carbocycles. The third kappa shape index (κ3) is 4.56. The predicted molar refractivity (Wildman–Crippen MR) is 241 cm³/mol. The second-order valence-electron chi connectivity index (χ2n) is 16.1. The number of para-hydroxylation sites is 1. The number of anilines is 6. The Labute approximate surface area is 342 Å². The zero-order valence-corrected chi connectivity index (χ0v) is 33.0. The van der Waals surface area contributed by atoms with Crippen LogP contribution in [0.4, 0.5) is 42.9 Å². The van der Waals surface area contributed by atoms with Gasteiger partial charge in [-0.25, -0.2) is 8.78 Å². The maximum atomic E-state index is 16.8. The highest BCUT2D eigenvalue weighted by Crippen LogP contribution is 2.55. The third-order valence-corrected chi connectivity index (χ3v) is 13.8. The van der Waals surface area contributed by atoms with Crippen molar-refractivity contribution in [2.45, 2.75) is 30.6 Å². The Morgan fingerprint density at radius 3 is 1.62 bits per heavy atom. The van der Waals surface area contributed by atoms with Gasteiger partial charge in [-0.1, -0.05) is 149 Å².